The van der Waals surface area contributed by atoms with Crippen LogP contribution >= 0.6 is 0 Å². The van der Waals surface area contributed by atoms with Gasteiger partial charge in [0.1, 0.15) is 6.29 Å². The van der Waals surface area contributed by atoms with Crippen molar-refractivity contribution in [2.75, 3.05) is 0 Å². The van der Waals surface area contributed by atoms with Crippen LogP contribution in [0.4, 0.5) is 4.11 Å². The van der Waals surface area contributed by atoms with Crippen LogP contribution in [-0.2, 0) is 4.79 Å². The van der Waals surface area contributed by atoms with Gasteiger partial charge in [-0.15, -0.1) is 0 Å². The summed E-state index contributed by atoms with van der Waals surface area (Å²) in [5, 5.41) is 0. The number of rotatable bonds is 2. The number of aldehydes is 1. The van der Waals surface area contributed by atoms with E-state index >= 15 is 0 Å². The van der Waals surface area contributed by atoms with Gasteiger partial charge < -0.3 is 4.11 Å². The monoisotopic (exact) mass is 102 g/mol. The highest BCUT2D eigenvalue weighted by Crippen LogP contribution is 1.62. The van der Waals surface area contributed by atoms with Gasteiger partial charge in [0.2, 0.25) is 0 Å². The fourth-order valence-electron chi connectivity index (χ4n) is 0.0757. The van der Waals surface area contributed by atoms with Crippen molar-refractivity contribution in [1.82, 2.24) is 0 Å². The van der Waals surface area contributed by atoms with Crippen LogP contribution in [0.3, 0.4) is 0 Å². The SMILES string of the molecule is O=C/C=C\[Si]F. The third kappa shape index (κ3) is 3.56. The Morgan fingerprint density at radius 2 is 2.33 bits per heavy atom. The van der Waals surface area contributed by atoms with Crippen molar-refractivity contribution < 1.29 is 8.90 Å². The maximum absolute atomic E-state index is 11.0. The van der Waals surface area contributed by atoms with Crippen LogP contribution in [0.1, 0.15) is 0 Å². The predicted molar refractivity (Wildman–Crippen MR) is 22.1 cm³/mol. The third-order valence-corrected chi connectivity index (χ3v) is 0.556. The van der Waals surface area contributed by atoms with E-state index < -0.39 is 9.85 Å². The van der Waals surface area contributed by atoms with E-state index in [2.05, 4.69) is 0 Å². The maximum atomic E-state index is 11.0. The van der Waals surface area contributed by atoms with E-state index in [1.165, 1.54) is 5.70 Å². The average Bonchev–Trinajstić information content (AvgIpc) is 1.61. The molecule has 0 rings (SSSR count). The van der Waals surface area contributed by atoms with Gasteiger partial charge in [-0.2, -0.15) is 0 Å². The molecule has 0 atom stereocenters. The Morgan fingerprint density at radius 3 is 2.50 bits per heavy atom. The van der Waals surface area contributed by atoms with Crippen molar-refractivity contribution in [3.63, 3.8) is 0 Å². The van der Waals surface area contributed by atoms with Crippen LogP contribution in [0.25, 0.3) is 0 Å². The molecule has 0 saturated carbocycles. The van der Waals surface area contributed by atoms with Gasteiger partial charge in [0.15, 0.2) is 0 Å². The standard InChI is InChI=1S/C3H3FOSi/c4-6-3-1-2-5/h1-3H/b3-1-. The van der Waals surface area contributed by atoms with Gasteiger partial charge in [0.05, 0.1) is 0 Å². The van der Waals surface area contributed by atoms with Gasteiger partial charge in [0, 0.05) is 0 Å². The molecule has 0 aliphatic carbocycles. The van der Waals surface area contributed by atoms with E-state index in [1.54, 1.807) is 0 Å². The fourth-order valence-corrected chi connectivity index (χ4v) is 0.227. The normalized spacial score (nSPS) is 9.50. The number of allylic oxidation sites excluding steroid dienone is 1. The third-order valence-electron chi connectivity index (χ3n) is 0.238. The molecule has 0 aliphatic rings. The molecule has 0 amide bonds. The largest absolute Gasteiger partial charge is 0.325 e. The number of hydrogen-bond acceptors (Lipinski definition) is 1. The van der Waals surface area contributed by atoms with E-state index in [0.717, 1.165) is 6.08 Å². The second-order valence-electron chi connectivity index (χ2n) is 0.604. The fraction of sp³-hybridized carbons (Fsp3) is 0. The molecule has 0 heterocycles. The molecular weight excluding hydrogens is 99.1 g/mol. The molecule has 1 nitrogen and oxygen atoms in total. The average molecular weight is 102 g/mol. The van der Waals surface area contributed by atoms with Crippen molar-refractivity contribution in [2.24, 2.45) is 0 Å². The summed E-state index contributed by atoms with van der Waals surface area (Å²) in [5.74, 6) is 0. The quantitative estimate of drug-likeness (QED) is 0.212. The first-order chi connectivity index (χ1) is 2.91. The Kier molecular flexibility index (Phi) is 4.22. The Hall–Kier alpha value is -0.443. The van der Waals surface area contributed by atoms with Crippen molar-refractivity contribution in [2.45, 2.75) is 0 Å². The van der Waals surface area contributed by atoms with Gasteiger partial charge in [-0.25, -0.2) is 0 Å². The number of hydrogen-bond donors (Lipinski definition) is 0. The summed E-state index contributed by atoms with van der Waals surface area (Å²) in [4.78, 5) is 9.31. The number of carbonyl (C=O) groups is 1. The highest BCUT2D eigenvalue weighted by molar-refractivity contribution is 6.33. The van der Waals surface area contributed by atoms with E-state index in [-0.39, 0.29) is 0 Å². The van der Waals surface area contributed by atoms with Gasteiger partial charge in [-0.05, 0) is 6.08 Å². The van der Waals surface area contributed by atoms with E-state index in [1.807, 2.05) is 0 Å². The number of halogens is 1. The first kappa shape index (κ1) is 5.56. The zero-order valence-electron chi connectivity index (χ0n) is 3.02. The maximum Gasteiger partial charge on any atom is 0.325 e. The minimum Gasteiger partial charge on any atom is -0.309 e. The van der Waals surface area contributed by atoms with Crippen LogP contribution in [0.5, 0.6) is 0 Å². The molecule has 0 aromatic carbocycles. The van der Waals surface area contributed by atoms with Crippen molar-refractivity contribution in [1.29, 1.82) is 0 Å². The lowest BCUT2D eigenvalue weighted by Gasteiger charge is -1.58. The lowest BCUT2D eigenvalue weighted by molar-refractivity contribution is -0.104. The van der Waals surface area contributed by atoms with Crippen molar-refractivity contribution in [3.05, 3.63) is 11.8 Å². The van der Waals surface area contributed by atoms with E-state index in [9.17, 15) is 8.90 Å². The molecular formula is C3H3FOSi. The van der Waals surface area contributed by atoms with Crippen LogP contribution in [0.2, 0.25) is 0 Å². The summed E-state index contributed by atoms with van der Waals surface area (Å²) in [6.45, 7) is 0. The van der Waals surface area contributed by atoms with E-state index in [0.29, 0.717) is 6.29 Å². The second-order valence-corrected chi connectivity index (χ2v) is 1.16. The van der Waals surface area contributed by atoms with Crippen molar-refractivity contribution >= 4 is 16.1 Å². The zero-order valence-corrected chi connectivity index (χ0v) is 4.02. The minimum atomic E-state index is -0.747. The summed E-state index contributed by atoms with van der Waals surface area (Å²) in [6, 6.07) is 0. The molecule has 0 spiro atoms. The summed E-state index contributed by atoms with van der Waals surface area (Å²) >= 11 is 0. The molecule has 0 fully saturated rings. The Labute approximate surface area is 37.9 Å². The summed E-state index contributed by atoms with van der Waals surface area (Å²) in [5.41, 5.74) is 1.17. The first-order valence-electron chi connectivity index (χ1n) is 1.38. The summed E-state index contributed by atoms with van der Waals surface area (Å²) in [7, 11) is -0.747. The van der Waals surface area contributed by atoms with E-state index in [4.69, 9.17) is 0 Å². The summed E-state index contributed by atoms with van der Waals surface area (Å²) < 4.78 is 11.0. The second kappa shape index (κ2) is 4.56. The highest BCUT2D eigenvalue weighted by atomic mass is 28.3. The van der Waals surface area contributed by atoms with Crippen LogP contribution < -0.4 is 0 Å². The Bertz CT molecular complexity index is 61.8. The number of carbonyl (C=O) groups excluding carboxylic acids is 1. The van der Waals surface area contributed by atoms with Gasteiger partial charge in [0.25, 0.3) is 0 Å². The molecule has 0 aliphatic heterocycles. The molecule has 0 bridgehead atoms. The molecule has 32 valence electrons. The molecule has 6 heavy (non-hydrogen) atoms. The predicted octanol–water partition coefficient (Wildman–Crippen LogP) is 0.288. The van der Waals surface area contributed by atoms with Crippen molar-refractivity contribution in [3.8, 4) is 0 Å². The lowest BCUT2D eigenvalue weighted by Crippen LogP contribution is -1.66. The minimum absolute atomic E-state index is 0.548. The smallest absolute Gasteiger partial charge is 0.309 e. The molecule has 0 N–H and O–H groups in total. The van der Waals surface area contributed by atoms with Crippen LogP contribution in [0.15, 0.2) is 11.8 Å². The Morgan fingerprint density at radius 1 is 1.67 bits per heavy atom. The Balaban J connectivity index is 2.94. The molecule has 0 unspecified atom stereocenters. The van der Waals surface area contributed by atoms with Gasteiger partial charge in [-0.1, -0.05) is 5.70 Å². The van der Waals surface area contributed by atoms with Crippen LogP contribution in [-0.4, -0.2) is 16.1 Å². The molecule has 2 radical (unpaired) electrons. The van der Waals surface area contributed by atoms with Crippen LogP contribution in [0, 0.1) is 0 Å². The molecule has 3 heteroatoms. The molecule has 0 aromatic rings. The topological polar surface area (TPSA) is 17.1 Å². The molecule has 0 aromatic heterocycles. The van der Waals surface area contributed by atoms with Gasteiger partial charge in [-0.3, -0.25) is 4.79 Å². The first-order valence-corrected chi connectivity index (χ1v) is 2.34. The molecule has 0 saturated heterocycles. The highest BCUT2D eigenvalue weighted by Gasteiger charge is 1.67. The lowest BCUT2D eigenvalue weighted by atomic mass is 10.7. The summed E-state index contributed by atoms with van der Waals surface area (Å²) in [6.07, 6.45) is 1.69. The zero-order chi connectivity index (χ0) is 4.83. The van der Waals surface area contributed by atoms with Gasteiger partial charge >= 0.3 is 9.85 Å².